The fraction of sp³-hybridized carbons (Fsp3) is 0.545. The van der Waals surface area contributed by atoms with Gasteiger partial charge in [0.25, 0.3) is 0 Å². The van der Waals surface area contributed by atoms with Gasteiger partial charge in [-0.15, -0.1) is 0 Å². The summed E-state index contributed by atoms with van der Waals surface area (Å²) in [5.74, 6) is -14.8. The van der Waals surface area contributed by atoms with Crippen molar-refractivity contribution < 1.29 is 57.1 Å². The first kappa shape index (κ1) is 23.4. The third kappa shape index (κ3) is 4.74. The van der Waals surface area contributed by atoms with E-state index in [-0.39, 0.29) is 0 Å². The first-order chi connectivity index (χ1) is 10.9. The average Bonchev–Trinajstić information content (AvgIpc) is 2.46. The van der Waals surface area contributed by atoms with E-state index >= 15 is 0 Å². The van der Waals surface area contributed by atoms with Crippen molar-refractivity contribution in [1.82, 2.24) is 0 Å². The fourth-order valence-corrected chi connectivity index (χ4v) is 1.61. The highest BCUT2D eigenvalue weighted by atomic mass is 32.2. The van der Waals surface area contributed by atoms with Crippen LogP contribution in [0.25, 0.3) is 0 Å². The summed E-state index contributed by atoms with van der Waals surface area (Å²) in [6.45, 7) is 3.18. The van der Waals surface area contributed by atoms with Crippen molar-refractivity contribution in [3.63, 3.8) is 0 Å². The zero-order valence-corrected chi connectivity index (χ0v) is 12.9. The van der Waals surface area contributed by atoms with E-state index in [4.69, 9.17) is 0 Å². The molecule has 0 spiro atoms. The van der Waals surface area contributed by atoms with Gasteiger partial charge in [-0.25, -0.2) is 13.0 Å². The van der Waals surface area contributed by atoms with Gasteiger partial charge in [-0.1, -0.05) is 6.07 Å². The Bertz CT molecular complexity index is 659. The molecule has 0 aromatic carbocycles. The SMILES string of the molecule is CC[n+]1ccccc1.O=S(=O)([O-])C(F)(F)C(F)(F)C(F)(F)C(F)(F)F. The van der Waals surface area contributed by atoms with E-state index in [9.17, 15) is 52.5 Å². The van der Waals surface area contributed by atoms with Crippen LogP contribution in [0.3, 0.4) is 0 Å². The van der Waals surface area contributed by atoms with Crippen LogP contribution in [-0.4, -0.2) is 36.2 Å². The summed E-state index contributed by atoms with van der Waals surface area (Å²) in [4.78, 5) is 0. The molecule has 0 aliphatic carbocycles. The van der Waals surface area contributed by atoms with Crippen molar-refractivity contribution >= 4 is 10.1 Å². The molecule has 0 saturated carbocycles. The van der Waals surface area contributed by atoms with Gasteiger partial charge in [0, 0.05) is 12.1 Å². The highest BCUT2D eigenvalue weighted by molar-refractivity contribution is 7.86. The predicted molar refractivity (Wildman–Crippen MR) is 62.9 cm³/mol. The second kappa shape index (κ2) is 7.35. The van der Waals surface area contributed by atoms with Gasteiger partial charge in [0.1, 0.15) is 6.54 Å². The molecule has 0 aliphatic heterocycles. The number of aryl methyl sites for hydroxylation is 1. The van der Waals surface area contributed by atoms with Gasteiger partial charge in [-0.2, -0.15) is 39.5 Å². The van der Waals surface area contributed by atoms with Gasteiger partial charge >= 0.3 is 23.3 Å². The lowest BCUT2D eigenvalue weighted by atomic mass is 10.1. The lowest BCUT2D eigenvalue weighted by Gasteiger charge is -2.34. The molecule has 146 valence electrons. The molecule has 0 atom stereocenters. The topological polar surface area (TPSA) is 61.1 Å². The maximum Gasteiger partial charge on any atom is 0.460 e. The van der Waals surface area contributed by atoms with Crippen LogP contribution in [0.5, 0.6) is 0 Å². The van der Waals surface area contributed by atoms with Crippen LogP contribution >= 0.6 is 0 Å². The van der Waals surface area contributed by atoms with Gasteiger partial charge in [-0.05, 0) is 6.92 Å². The van der Waals surface area contributed by atoms with E-state index in [0.29, 0.717) is 0 Å². The van der Waals surface area contributed by atoms with Crippen molar-refractivity contribution in [2.24, 2.45) is 0 Å². The van der Waals surface area contributed by atoms with E-state index in [1.54, 1.807) is 0 Å². The number of halogens is 9. The Balaban J connectivity index is 0.000000593. The van der Waals surface area contributed by atoms with Crippen molar-refractivity contribution in [2.75, 3.05) is 0 Å². The van der Waals surface area contributed by atoms with Crippen molar-refractivity contribution in [3.8, 4) is 0 Å². The van der Waals surface area contributed by atoms with Crippen LogP contribution in [0.15, 0.2) is 30.6 Å². The summed E-state index contributed by atoms with van der Waals surface area (Å²) in [7, 11) is -7.42. The Hall–Kier alpha value is -1.57. The minimum Gasteiger partial charge on any atom is -0.743 e. The number of hydrogen-bond acceptors (Lipinski definition) is 3. The third-order valence-electron chi connectivity index (χ3n) is 2.57. The molecule has 1 heterocycles. The molecule has 1 rings (SSSR count). The summed E-state index contributed by atoms with van der Waals surface area (Å²) >= 11 is 0. The van der Waals surface area contributed by atoms with Crippen LogP contribution in [-0.2, 0) is 16.7 Å². The summed E-state index contributed by atoms with van der Waals surface area (Å²) in [5, 5.41) is -7.11. The van der Waals surface area contributed by atoms with E-state index < -0.39 is 33.4 Å². The van der Waals surface area contributed by atoms with Gasteiger partial charge < -0.3 is 4.55 Å². The zero-order chi connectivity index (χ0) is 20.3. The molecule has 0 bridgehead atoms. The number of alkyl halides is 9. The maximum atomic E-state index is 12.2. The lowest BCUT2D eigenvalue weighted by molar-refractivity contribution is -0.693. The van der Waals surface area contributed by atoms with Crippen molar-refractivity contribution in [1.29, 1.82) is 0 Å². The van der Waals surface area contributed by atoms with E-state index in [0.717, 1.165) is 6.54 Å². The predicted octanol–water partition coefficient (Wildman–Crippen LogP) is 2.95. The fourth-order valence-electron chi connectivity index (χ4n) is 1.16. The molecular weight excluding hydrogens is 397 g/mol. The van der Waals surface area contributed by atoms with Crippen LogP contribution in [0.2, 0.25) is 0 Å². The molecule has 0 radical (unpaired) electrons. The largest absolute Gasteiger partial charge is 0.743 e. The van der Waals surface area contributed by atoms with Gasteiger partial charge in [0.05, 0.1) is 0 Å². The molecule has 0 fully saturated rings. The Labute approximate surface area is 135 Å². The van der Waals surface area contributed by atoms with E-state index in [2.05, 4.69) is 23.9 Å². The van der Waals surface area contributed by atoms with Gasteiger partial charge in [-0.3, -0.25) is 0 Å². The normalized spacial score (nSPS) is 13.9. The Kier molecular flexibility index (Phi) is 6.89. The minimum atomic E-state index is -7.43. The lowest BCUT2D eigenvalue weighted by Crippen LogP contribution is -2.63. The quantitative estimate of drug-likeness (QED) is 0.438. The Morgan fingerprint density at radius 3 is 1.48 bits per heavy atom. The molecule has 1 aromatic heterocycles. The molecule has 1 aromatic rings. The molecule has 0 amide bonds. The molecule has 0 N–H and O–H groups in total. The number of rotatable bonds is 4. The highest BCUT2D eigenvalue weighted by Gasteiger charge is 2.83. The highest BCUT2D eigenvalue weighted by Crippen LogP contribution is 2.54. The number of nitrogens with zero attached hydrogens (tertiary/aromatic N) is 1. The first-order valence-electron chi connectivity index (χ1n) is 6.03. The molecule has 0 aliphatic rings. The Morgan fingerprint density at radius 2 is 1.24 bits per heavy atom. The zero-order valence-electron chi connectivity index (χ0n) is 12.1. The van der Waals surface area contributed by atoms with Crippen LogP contribution in [0.4, 0.5) is 39.5 Å². The maximum absolute atomic E-state index is 12.2. The second-order valence-corrected chi connectivity index (χ2v) is 5.74. The van der Waals surface area contributed by atoms with Crippen molar-refractivity contribution in [3.05, 3.63) is 30.6 Å². The number of hydrogen-bond donors (Lipinski definition) is 0. The molecule has 0 saturated heterocycles. The monoisotopic (exact) mass is 407 g/mol. The molecule has 4 nitrogen and oxygen atoms in total. The first-order valence-corrected chi connectivity index (χ1v) is 7.44. The Morgan fingerprint density at radius 1 is 0.840 bits per heavy atom. The van der Waals surface area contributed by atoms with Crippen LogP contribution < -0.4 is 4.57 Å². The standard InChI is InChI=1S/C7H10N.C4HF9O3S/c1-2-8-6-4-3-5-7-8;5-1(6,3(9,10)11)2(7,8)4(12,13)17(14,15)16/h3-7H,2H2,1H3;(H,14,15,16)/q+1;/p-1. The number of pyridine rings is 1. The third-order valence-corrected chi connectivity index (χ3v) is 3.46. The minimum absolute atomic E-state index is 1.06. The smallest absolute Gasteiger partial charge is 0.460 e. The van der Waals surface area contributed by atoms with Gasteiger partial charge in [0.2, 0.25) is 0 Å². The van der Waals surface area contributed by atoms with E-state index in [1.165, 1.54) is 0 Å². The summed E-state index contributed by atoms with van der Waals surface area (Å²) in [6.07, 6.45) is -3.05. The van der Waals surface area contributed by atoms with Crippen LogP contribution in [0, 0.1) is 0 Å². The van der Waals surface area contributed by atoms with Crippen LogP contribution in [0.1, 0.15) is 6.92 Å². The molecule has 14 heteroatoms. The summed E-state index contributed by atoms with van der Waals surface area (Å²) < 4.78 is 138. The van der Waals surface area contributed by atoms with Crippen molar-refractivity contribution in [2.45, 2.75) is 36.7 Å². The summed E-state index contributed by atoms with van der Waals surface area (Å²) in [6, 6.07) is 6.08. The molecule has 0 unspecified atom stereocenters. The van der Waals surface area contributed by atoms with Gasteiger partial charge in [0.15, 0.2) is 22.5 Å². The molecular formula is C11H10F9NO3S. The second-order valence-electron chi connectivity index (χ2n) is 4.32. The molecule has 25 heavy (non-hydrogen) atoms. The number of aromatic nitrogens is 1. The summed E-state index contributed by atoms with van der Waals surface area (Å²) in [5.41, 5.74) is 0. The average molecular weight is 407 g/mol. The van der Waals surface area contributed by atoms with E-state index in [1.807, 2.05) is 18.2 Å².